The SMILES string of the molecule is COc1ccccc1NC(=O)C1CC(c2ccc(C)cc2)NN1. The summed E-state index contributed by atoms with van der Waals surface area (Å²) >= 11 is 0. The second-order valence-corrected chi connectivity index (χ2v) is 5.73. The summed E-state index contributed by atoms with van der Waals surface area (Å²) in [4.78, 5) is 12.4. The number of anilines is 1. The van der Waals surface area contributed by atoms with Crippen LogP contribution < -0.4 is 20.9 Å². The molecular formula is C18H21N3O2. The number of amides is 1. The molecule has 0 aromatic heterocycles. The quantitative estimate of drug-likeness (QED) is 0.812. The number of rotatable bonds is 4. The molecule has 0 radical (unpaired) electrons. The van der Waals surface area contributed by atoms with E-state index in [9.17, 15) is 4.79 Å². The molecule has 5 heteroatoms. The molecule has 120 valence electrons. The van der Waals surface area contributed by atoms with Gasteiger partial charge in [0, 0.05) is 6.04 Å². The zero-order valence-electron chi connectivity index (χ0n) is 13.3. The molecule has 1 aliphatic heterocycles. The van der Waals surface area contributed by atoms with Crippen molar-refractivity contribution in [3.8, 4) is 5.75 Å². The van der Waals surface area contributed by atoms with E-state index in [-0.39, 0.29) is 18.0 Å². The largest absolute Gasteiger partial charge is 0.495 e. The Kier molecular flexibility index (Phi) is 4.60. The molecule has 0 bridgehead atoms. The fourth-order valence-electron chi connectivity index (χ4n) is 2.71. The number of hydrogen-bond acceptors (Lipinski definition) is 4. The van der Waals surface area contributed by atoms with Gasteiger partial charge in [-0.3, -0.25) is 4.79 Å². The lowest BCUT2D eigenvalue weighted by atomic mass is 10.0. The first-order chi connectivity index (χ1) is 11.2. The molecule has 23 heavy (non-hydrogen) atoms. The summed E-state index contributed by atoms with van der Waals surface area (Å²) in [5.41, 5.74) is 9.35. The monoisotopic (exact) mass is 311 g/mol. The zero-order chi connectivity index (χ0) is 16.2. The van der Waals surface area contributed by atoms with E-state index in [1.54, 1.807) is 7.11 Å². The molecule has 0 spiro atoms. The first-order valence-corrected chi connectivity index (χ1v) is 7.69. The third-order valence-electron chi connectivity index (χ3n) is 4.06. The van der Waals surface area contributed by atoms with E-state index < -0.39 is 0 Å². The van der Waals surface area contributed by atoms with E-state index in [1.165, 1.54) is 11.1 Å². The summed E-state index contributed by atoms with van der Waals surface area (Å²) in [6.07, 6.45) is 0.698. The summed E-state index contributed by atoms with van der Waals surface area (Å²) < 4.78 is 5.26. The maximum absolute atomic E-state index is 12.4. The minimum atomic E-state index is -0.286. The highest BCUT2D eigenvalue weighted by molar-refractivity contribution is 5.96. The van der Waals surface area contributed by atoms with Gasteiger partial charge in [-0.15, -0.1) is 0 Å². The van der Waals surface area contributed by atoms with Crippen molar-refractivity contribution in [2.45, 2.75) is 25.4 Å². The van der Waals surface area contributed by atoms with E-state index in [2.05, 4.69) is 47.4 Å². The van der Waals surface area contributed by atoms with Crippen molar-refractivity contribution in [1.82, 2.24) is 10.9 Å². The highest BCUT2D eigenvalue weighted by Crippen LogP contribution is 2.26. The van der Waals surface area contributed by atoms with Crippen LogP contribution in [0.5, 0.6) is 5.75 Å². The van der Waals surface area contributed by atoms with Crippen LogP contribution in [-0.4, -0.2) is 19.1 Å². The lowest BCUT2D eigenvalue weighted by Gasteiger charge is -2.13. The summed E-state index contributed by atoms with van der Waals surface area (Å²) in [5, 5.41) is 2.92. The van der Waals surface area contributed by atoms with Gasteiger partial charge < -0.3 is 10.1 Å². The van der Waals surface area contributed by atoms with Gasteiger partial charge in [0.1, 0.15) is 11.8 Å². The van der Waals surface area contributed by atoms with Crippen molar-refractivity contribution in [2.24, 2.45) is 0 Å². The smallest absolute Gasteiger partial charge is 0.243 e. The number of carbonyl (C=O) groups excluding carboxylic acids is 1. The predicted octanol–water partition coefficient (Wildman–Crippen LogP) is 2.55. The maximum Gasteiger partial charge on any atom is 0.243 e. The molecule has 0 saturated carbocycles. The van der Waals surface area contributed by atoms with E-state index >= 15 is 0 Å². The highest BCUT2D eigenvalue weighted by Gasteiger charge is 2.30. The van der Waals surface area contributed by atoms with Crippen LogP contribution in [0, 0.1) is 6.92 Å². The van der Waals surface area contributed by atoms with Crippen LogP contribution in [0.15, 0.2) is 48.5 Å². The average molecular weight is 311 g/mol. The minimum absolute atomic E-state index is 0.0726. The molecule has 5 nitrogen and oxygen atoms in total. The molecule has 2 atom stereocenters. The van der Waals surface area contributed by atoms with Gasteiger partial charge in [0.2, 0.25) is 5.91 Å². The standard InChI is InChI=1S/C18H21N3O2/c1-12-7-9-13(10-8-12)15-11-16(21-20-15)18(22)19-14-5-3-4-6-17(14)23-2/h3-10,15-16,20-21H,11H2,1-2H3,(H,19,22). The van der Waals surface area contributed by atoms with Crippen LogP contribution in [-0.2, 0) is 4.79 Å². The zero-order valence-corrected chi connectivity index (χ0v) is 13.3. The van der Waals surface area contributed by atoms with Crippen LogP contribution in [0.25, 0.3) is 0 Å². The fourth-order valence-corrected chi connectivity index (χ4v) is 2.71. The van der Waals surface area contributed by atoms with E-state index in [1.807, 2.05) is 24.3 Å². The third-order valence-corrected chi connectivity index (χ3v) is 4.06. The summed E-state index contributed by atoms with van der Waals surface area (Å²) in [7, 11) is 1.59. The van der Waals surface area contributed by atoms with Gasteiger partial charge in [-0.2, -0.15) is 0 Å². The number of ether oxygens (including phenoxy) is 1. The number of nitrogens with one attached hydrogen (secondary N) is 3. The Morgan fingerprint density at radius 1 is 1.13 bits per heavy atom. The molecule has 3 N–H and O–H groups in total. The second-order valence-electron chi connectivity index (χ2n) is 5.73. The van der Waals surface area contributed by atoms with Crippen molar-refractivity contribution < 1.29 is 9.53 Å². The first-order valence-electron chi connectivity index (χ1n) is 7.69. The lowest BCUT2D eigenvalue weighted by Crippen LogP contribution is -2.39. The number of hydrogen-bond donors (Lipinski definition) is 3. The number of aryl methyl sites for hydroxylation is 1. The summed E-state index contributed by atoms with van der Waals surface area (Å²) in [6.45, 7) is 2.06. The molecular weight excluding hydrogens is 290 g/mol. The minimum Gasteiger partial charge on any atom is -0.495 e. The van der Waals surface area contributed by atoms with E-state index in [0.717, 1.165) is 0 Å². The highest BCUT2D eigenvalue weighted by atomic mass is 16.5. The number of carbonyl (C=O) groups is 1. The molecule has 2 unspecified atom stereocenters. The normalized spacial score (nSPS) is 20.3. The number of hydrazine groups is 1. The number of para-hydroxylation sites is 2. The Morgan fingerprint density at radius 2 is 1.87 bits per heavy atom. The van der Waals surface area contributed by atoms with Crippen LogP contribution in [0.3, 0.4) is 0 Å². The molecule has 1 fully saturated rings. The Balaban J connectivity index is 1.64. The van der Waals surface area contributed by atoms with Gasteiger partial charge in [0.15, 0.2) is 0 Å². The molecule has 2 aromatic rings. The number of benzene rings is 2. The second kappa shape index (κ2) is 6.81. The Morgan fingerprint density at radius 3 is 2.61 bits per heavy atom. The number of methoxy groups -OCH3 is 1. The average Bonchev–Trinajstić information content (AvgIpc) is 3.06. The van der Waals surface area contributed by atoms with Crippen LogP contribution in [0.1, 0.15) is 23.6 Å². The van der Waals surface area contributed by atoms with Crippen LogP contribution in [0.2, 0.25) is 0 Å². The van der Waals surface area contributed by atoms with Crippen molar-refractivity contribution in [1.29, 1.82) is 0 Å². The summed E-state index contributed by atoms with van der Waals surface area (Å²) in [6, 6.07) is 15.6. The van der Waals surface area contributed by atoms with Crippen LogP contribution in [0.4, 0.5) is 5.69 Å². The molecule has 0 aliphatic carbocycles. The predicted molar refractivity (Wildman–Crippen MR) is 90.2 cm³/mol. The van der Waals surface area contributed by atoms with Gasteiger partial charge in [-0.1, -0.05) is 42.0 Å². The van der Waals surface area contributed by atoms with Gasteiger partial charge in [-0.05, 0) is 31.0 Å². The van der Waals surface area contributed by atoms with E-state index in [4.69, 9.17) is 4.74 Å². The van der Waals surface area contributed by atoms with Crippen molar-refractivity contribution in [3.05, 3.63) is 59.7 Å². The van der Waals surface area contributed by atoms with E-state index in [0.29, 0.717) is 17.9 Å². The molecule has 1 amide bonds. The molecule has 2 aromatic carbocycles. The first kappa shape index (κ1) is 15.5. The molecule has 1 saturated heterocycles. The van der Waals surface area contributed by atoms with Gasteiger partial charge in [-0.25, -0.2) is 10.9 Å². The Hall–Kier alpha value is -2.37. The topological polar surface area (TPSA) is 62.4 Å². The van der Waals surface area contributed by atoms with Crippen molar-refractivity contribution in [3.63, 3.8) is 0 Å². The molecule has 1 aliphatic rings. The maximum atomic E-state index is 12.4. The molecule has 1 heterocycles. The van der Waals surface area contributed by atoms with Crippen molar-refractivity contribution in [2.75, 3.05) is 12.4 Å². The third kappa shape index (κ3) is 3.52. The Bertz CT molecular complexity index is 685. The van der Waals surface area contributed by atoms with Crippen LogP contribution >= 0.6 is 0 Å². The fraction of sp³-hybridized carbons (Fsp3) is 0.278. The van der Waals surface area contributed by atoms with Gasteiger partial charge >= 0.3 is 0 Å². The Labute approximate surface area is 136 Å². The molecule has 3 rings (SSSR count). The van der Waals surface area contributed by atoms with Gasteiger partial charge in [0.05, 0.1) is 12.8 Å². The van der Waals surface area contributed by atoms with Gasteiger partial charge in [0.25, 0.3) is 0 Å². The van der Waals surface area contributed by atoms with Crippen molar-refractivity contribution >= 4 is 11.6 Å². The summed E-state index contributed by atoms with van der Waals surface area (Å²) in [5.74, 6) is 0.582. The lowest BCUT2D eigenvalue weighted by molar-refractivity contribution is -0.117.